The van der Waals surface area contributed by atoms with E-state index < -0.39 is 22.8 Å². The first kappa shape index (κ1) is 18.4. The smallest absolute Gasteiger partial charge is 0.323 e. The van der Waals surface area contributed by atoms with Crippen LogP contribution in [0.3, 0.4) is 0 Å². The molecule has 0 aliphatic heterocycles. The Morgan fingerprint density at radius 2 is 1.58 bits per heavy atom. The Bertz CT molecular complexity index is 759. The van der Waals surface area contributed by atoms with E-state index in [0.717, 1.165) is 11.1 Å². The second kappa shape index (κ2) is 6.71. The van der Waals surface area contributed by atoms with Crippen LogP contribution in [-0.2, 0) is 23.9 Å². The molecular formula is C21H24O5. The van der Waals surface area contributed by atoms with Gasteiger partial charge in [0, 0.05) is 12.0 Å². The molecule has 2 aliphatic rings. The van der Waals surface area contributed by atoms with Crippen LogP contribution in [0.25, 0.3) is 5.57 Å². The molecule has 1 aromatic carbocycles. The van der Waals surface area contributed by atoms with Crippen LogP contribution in [0.1, 0.15) is 45.6 Å². The van der Waals surface area contributed by atoms with Gasteiger partial charge in [0.05, 0.1) is 13.2 Å². The molecule has 5 heteroatoms. The monoisotopic (exact) mass is 356 g/mol. The molecule has 1 atom stereocenters. The molecule has 0 saturated heterocycles. The third kappa shape index (κ3) is 2.75. The molecular weight excluding hydrogens is 332 g/mol. The Kier molecular flexibility index (Phi) is 4.74. The van der Waals surface area contributed by atoms with E-state index in [4.69, 9.17) is 9.47 Å². The third-order valence-electron chi connectivity index (χ3n) is 5.43. The number of Topliss-reactive ketones (excluding diaryl/α,β-unsaturated/α-hetero) is 1. The van der Waals surface area contributed by atoms with Crippen LogP contribution >= 0.6 is 0 Å². The average molecular weight is 356 g/mol. The number of esters is 2. The van der Waals surface area contributed by atoms with Gasteiger partial charge in [0.25, 0.3) is 0 Å². The number of benzene rings is 1. The Hall–Kier alpha value is -2.43. The second-order valence-corrected chi connectivity index (χ2v) is 7.26. The van der Waals surface area contributed by atoms with E-state index in [1.54, 1.807) is 13.8 Å². The lowest BCUT2D eigenvalue weighted by atomic mass is 9.79. The molecule has 1 aromatic rings. The van der Waals surface area contributed by atoms with Gasteiger partial charge in [-0.3, -0.25) is 14.4 Å². The van der Waals surface area contributed by atoms with Crippen LogP contribution in [0.5, 0.6) is 0 Å². The summed E-state index contributed by atoms with van der Waals surface area (Å²) in [7, 11) is 0. The topological polar surface area (TPSA) is 69.7 Å². The molecule has 1 unspecified atom stereocenters. The average Bonchev–Trinajstić information content (AvgIpc) is 3.03. The number of allylic oxidation sites excluding steroid dienone is 2. The molecule has 0 bridgehead atoms. The first-order chi connectivity index (χ1) is 12.4. The van der Waals surface area contributed by atoms with Crippen LogP contribution in [0.4, 0.5) is 0 Å². The molecule has 0 spiro atoms. The number of ether oxygens (including phenoxy) is 2. The second-order valence-electron chi connectivity index (χ2n) is 7.26. The fraction of sp³-hybridized carbons (Fsp3) is 0.476. The maximum absolute atomic E-state index is 12.8. The maximum Gasteiger partial charge on any atom is 0.323 e. The van der Waals surface area contributed by atoms with Crippen LogP contribution in [0.15, 0.2) is 35.9 Å². The van der Waals surface area contributed by atoms with Gasteiger partial charge in [-0.25, -0.2) is 0 Å². The zero-order valence-corrected chi connectivity index (χ0v) is 15.5. The molecule has 5 nitrogen and oxygen atoms in total. The lowest BCUT2D eigenvalue weighted by molar-refractivity contribution is -0.172. The van der Waals surface area contributed by atoms with Crippen molar-refractivity contribution in [2.45, 2.75) is 40.0 Å². The highest BCUT2D eigenvalue weighted by Gasteiger charge is 2.63. The summed E-state index contributed by atoms with van der Waals surface area (Å²) >= 11 is 0. The van der Waals surface area contributed by atoms with Crippen molar-refractivity contribution in [1.29, 1.82) is 0 Å². The van der Waals surface area contributed by atoms with E-state index in [0.29, 0.717) is 12.0 Å². The standard InChI is InChI=1S/C21H24O5/c1-4-25-18(23)21(19(24)26-5-2)11-15-17(14-9-7-6-8-10-14)16(22)12-20(15,3)13-21/h6-10H,4-5,11-13H2,1-3H3. The number of fused-ring (bicyclic) bond motifs is 1. The van der Waals surface area contributed by atoms with Crippen LogP contribution in [0.2, 0.25) is 0 Å². The van der Waals surface area contributed by atoms with Crippen molar-refractivity contribution in [3.8, 4) is 0 Å². The summed E-state index contributed by atoms with van der Waals surface area (Å²) in [6.07, 6.45) is 0.722. The predicted molar refractivity (Wildman–Crippen MR) is 96.0 cm³/mol. The Labute approximate surface area is 153 Å². The van der Waals surface area contributed by atoms with Crippen molar-refractivity contribution in [3.05, 3.63) is 41.5 Å². The largest absolute Gasteiger partial charge is 0.465 e. The minimum Gasteiger partial charge on any atom is -0.465 e. The van der Waals surface area contributed by atoms with Crippen molar-refractivity contribution >= 4 is 23.3 Å². The van der Waals surface area contributed by atoms with Gasteiger partial charge in [0.15, 0.2) is 11.2 Å². The number of rotatable bonds is 5. The Balaban J connectivity index is 2.11. The van der Waals surface area contributed by atoms with Crippen molar-refractivity contribution < 1.29 is 23.9 Å². The van der Waals surface area contributed by atoms with Gasteiger partial charge in [-0.15, -0.1) is 0 Å². The molecule has 138 valence electrons. The molecule has 1 saturated carbocycles. The molecule has 26 heavy (non-hydrogen) atoms. The van der Waals surface area contributed by atoms with Crippen LogP contribution in [-0.4, -0.2) is 30.9 Å². The van der Waals surface area contributed by atoms with Gasteiger partial charge >= 0.3 is 11.9 Å². The molecule has 0 aromatic heterocycles. The lowest BCUT2D eigenvalue weighted by Crippen LogP contribution is -2.41. The summed E-state index contributed by atoms with van der Waals surface area (Å²) < 4.78 is 10.5. The molecule has 0 amide bonds. The van der Waals surface area contributed by atoms with E-state index in [9.17, 15) is 14.4 Å². The van der Waals surface area contributed by atoms with Gasteiger partial charge in [0.1, 0.15) is 0 Å². The predicted octanol–water partition coefficient (Wildman–Crippen LogP) is 3.33. The minimum atomic E-state index is -1.36. The molecule has 2 aliphatic carbocycles. The van der Waals surface area contributed by atoms with Gasteiger partial charge in [-0.05, 0) is 37.7 Å². The van der Waals surface area contributed by atoms with Crippen molar-refractivity contribution in [1.82, 2.24) is 0 Å². The summed E-state index contributed by atoms with van der Waals surface area (Å²) in [5.74, 6) is -1.04. The van der Waals surface area contributed by atoms with Crippen LogP contribution < -0.4 is 0 Å². The molecule has 0 heterocycles. The maximum atomic E-state index is 12.8. The first-order valence-electron chi connectivity index (χ1n) is 9.04. The zero-order chi connectivity index (χ0) is 18.9. The van der Waals surface area contributed by atoms with Crippen molar-refractivity contribution in [3.63, 3.8) is 0 Å². The van der Waals surface area contributed by atoms with E-state index in [1.807, 2.05) is 37.3 Å². The Morgan fingerprint density at radius 3 is 2.12 bits per heavy atom. The van der Waals surface area contributed by atoms with Crippen LogP contribution in [0, 0.1) is 10.8 Å². The van der Waals surface area contributed by atoms with Gasteiger partial charge in [0.2, 0.25) is 0 Å². The summed E-state index contributed by atoms with van der Waals surface area (Å²) in [5.41, 5.74) is 0.455. The number of ketones is 1. The molecule has 1 fully saturated rings. The highest BCUT2D eigenvalue weighted by Crippen LogP contribution is 2.61. The highest BCUT2D eigenvalue weighted by molar-refractivity contribution is 6.25. The summed E-state index contributed by atoms with van der Waals surface area (Å²) in [6.45, 7) is 5.77. The fourth-order valence-corrected chi connectivity index (χ4v) is 4.37. The summed E-state index contributed by atoms with van der Waals surface area (Å²) in [5, 5.41) is 0. The normalized spacial score (nSPS) is 23.7. The van der Waals surface area contributed by atoms with E-state index in [1.165, 1.54) is 0 Å². The zero-order valence-electron chi connectivity index (χ0n) is 15.5. The number of carbonyl (C=O) groups is 3. The lowest BCUT2D eigenvalue weighted by Gasteiger charge is -2.26. The highest BCUT2D eigenvalue weighted by atomic mass is 16.6. The van der Waals surface area contributed by atoms with E-state index in [-0.39, 0.29) is 31.8 Å². The van der Waals surface area contributed by atoms with Crippen molar-refractivity contribution in [2.24, 2.45) is 10.8 Å². The fourth-order valence-electron chi connectivity index (χ4n) is 4.37. The van der Waals surface area contributed by atoms with Gasteiger partial charge < -0.3 is 9.47 Å². The molecule has 3 rings (SSSR count). The SMILES string of the molecule is CCOC(=O)C1(C(=O)OCC)CC2=C(c3ccccc3)C(=O)CC2(C)C1. The quantitative estimate of drug-likeness (QED) is 0.598. The first-order valence-corrected chi connectivity index (χ1v) is 9.04. The van der Waals surface area contributed by atoms with Gasteiger partial charge in [-0.1, -0.05) is 42.8 Å². The number of hydrogen-bond donors (Lipinski definition) is 0. The van der Waals surface area contributed by atoms with Gasteiger partial charge in [-0.2, -0.15) is 0 Å². The minimum absolute atomic E-state index is 0.0648. The van der Waals surface area contributed by atoms with E-state index in [2.05, 4.69) is 0 Å². The summed E-state index contributed by atoms with van der Waals surface area (Å²) in [6, 6.07) is 9.43. The number of hydrogen-bond acceptors (Lipinski definition) is 5. The molecule has 0 N–H and O–H groups in total. The Morgan fingerprint density at radius 1 is 1.00 bits per heavy atom. The third-order valence-corrected chi connectivity index (χ3v) is 5.43. The van der Waals surface area contributed by atoms with E-state index >= 15 is 0 Å². The number of carbonyl (C=O) groups excluding carboxylic acids is 3. The summed E-state index contributed by atoms with van der Waals surface area (Å²) in [4.78, 5) is 38.2. The molecule has 0 radical (unpaired) electrons. The van der Waals surface area contributed by atoms with Crippen molar-refractivity contribution in [2.75, 3.05) is 13.2 Å².